The van der Waals surface area contributed by atoms with Crippen molar-refractivity contribution in [1.82, 2.24) is 9.62 Å². The Kier molecular flexibility index (Phi) is 8.48. The molecule has 158 valence electrons. The van der Waals surface area contributed by atoms with Crippen molar-refractivity contribution < 1.29 is 22.7 Å². The van der Waals surface area contributed by atoms with Gasteiger partial charge in [0, 0.05) is 20.0 Å². The number of hydrogen-bond donors (Lipinski definition) is 1. The van der Waals surface area contributed by atoms with Gasteiger partial charge >= 0.3 is 0 Å². The predicted molar refractivity (Wildman–Crippen MR) is 112 cm³/mol. The third-order valence-electron chi connectivity index (χ3n) is 4.30. The first kappa shape index (κ1) is 22.7. The maximum Gasteiger partial charge on any atom is 0.242 e. The molecule has 0 spiro atoms. The lowest BCUT2D eigenvalue weighted by Gasteiger charge is -2.18. The van der Waals surface area contributed by atoms with E-state index in [4.69, 9.17) is 9.47 Å². The summed E-state index contributed by atoms with van der Waals surface area (Å²) in [5.74, 6) is 1.30. The zero-order valence-corrected chi connectivity index (χ0v) is 17.8. The van der Waals surface area contributed by atoms with E-state index in [0.29, 0.717) is 18.8 Å². The third-order valence-corrected chi connectivity index (χ3v) is 6.17. The Bertz CT molecular complexity index is 870. The van der Waals surface area contributed by atoms with Gasteiger partial charge in [-0.25, -0.2) is 12.7 Å². The fraction of sp³-hybridized carbons (Fsp3) is 0.381. The number of ether oxygens (including phenoxy) is 2. The Morgan fingerprint density at radius 3 is 2.31 bits per heavy atom. The molecule has 0 saturated heterocycles. The second-order valence-corrected chi connectivity index (χ2v) is 8.74. The van der Waals surface area contributed by atoms with Crippen molar-refractivity contribution in [2.24, 2.45) is 0 Å². The van der Waals surface area contributed by atoms with Gasteiger partial charge in [0.15, 0.2) is 0 Å². The lowest BCUT2D eigenvalue weighted by Crippen LogP contribution is -2.37. The number of benzene rings is 2. The number of methoxy groups -OCH3 is 1. The van der Waals surface area contributed by atoms with Crippen LogP contribution in [0.25, 0.3) is 0 Å². The predicted octanol–water partition coefficient (Wildman–Crippen LogP) is 2.68. The number of nitrogens with one attached hydrogen (secondary N) is 1. The number of nitrogens with zero attached hydrogens (tertiary/aromatic N) is 1. The summed E-state index contributed by atoms with van der Waals surface area (Å²) in [4.78, 5) is 12.3. The Balaban J connectivity index is 1.70. The molecule has 8 heteroatoms. The fourth-order valence-corrected chi connectivity index (χ4v) is 3.87. The van der Waals surface area contributed by atoms with E-state index < -0.39 is 10.0 Å². The van der Waals surface area contributed by atoms with Crippen LogP contribution in [0.3, 0.4) is 0 Å². The van der Waals surface area contributed by atoms with E-state index >= 15 is 0 Å². The van der Waals surface area contributed by atoms with Crippen LogP contribution in [0, 0.1) is 0 Å². The minimum atomic E-state index is -3.53. The molecule has 0 unspecified atom stereocenters. The number of carbonyl (C=O) groups is 1. The Labute approximate surface area is 172 Å². The van der Waals surface area contributed by atoms with Gasteiger partial charge in [0.1, 0.15) is 18.1 Å². The van der Waals surface area contributed by atoms with Gasteiger partial charge in [0.05, 0.1) is 18.0 Å². The minimum absolute atomic E-state index is 0.138. The van der Waals surface area contributed by atoms with E-state index in [9.17, 15) is 13.2 Å². The van der Waals surface area contributed by atoms with Crippen LogP contribution in [0.5, 0.6) is 11.5 Å². The van der Waals surface area contributed by atoms with E-state index in [1.165, 1.54) is 11.4 Å². The van der Waals surface area contributed by atoms with Crippen molar-refractivity contribution in [3.05, 3.63) is 54.6 Å². The summed E-state index contributed by atoms with van der Waals surface area (Å²) < 4.78 is 36.9. The SMILES string of the molecule is COc1ccc(OC[C@@H](C)NC(=O)CCCN(C)S(=O)(=O)c2ccccc2)cc1. The molecule has 0 heterocycles. The van der Waals surface area contributed by atoms with Crippen LogP contribution in [-0.2, 0) is 14.8 Å². The van der Waals surface area contributed by atoms with Gasteiger partial charge in [0.2, 0.25) is 15.9 Å². The summed E-state index contributed by atoms with van der Waals surface area (Å²) in [6.07, 6.45) is 0.669. The largest absolute Gasteiger partial charge is 0.497 e. The number of hydrogen-bond acceptors (Lipinski definition) is 5. The molecular weight excluding hydrogens is 392 g/mol. The zero-order chi connectivity index (χ0) is 21.3. The molecule has 29 heavy (non-hydrogen) atoms. The summed E-state index contributed by atoms with van der Waals surface area (Å²) in [5, 5.41) is 2.86. The highest BCUT2D eigenvalue weighted by molar-refractivity contribution is 7.89. The van der Waals surface area contributed by atoms with Crippen LogP contribution in [0.1, 0.15) is 19.8 Å². The van der Waals surface area contributed by atoms with Crippen LogP contribution >= 0.6 is 0 Å². The van der Waals surface area contributed by atoms with Gasteiger partial charge in [-0.1, -0.05) is 18.2 Å². The van der Waals surface area contributed by atoms with E-state index in [0.717, 1.165) is 5.75 Å². The molecule has 0 bridgehead atoms. The molecule has 0 radical (unpaired) electrons. The van der Waals surface area contributed by atoms with E-state index in [2.05, 4.69) is 5.32 Å². The second-order valence-electron chi connectivity index (χ2n) is 6.70. The summed E-state index contributed by atoms with van der Waals surface area (Å²) in [7, 11) is -0.413. The van der Waals surface area contributed by atoms with Crippen molar-refractivity contribution in [3.63, 3.8) is 0 Å². The van der Waals surface area contributed by atoms with Gasteiger partial charge < -0.3 is 14.8 Å². The highest BCUT2D eigenvalue weighted by Gasteiger charge is 2.20. The van der Waals surface area contributed by atoms with Gasteiger partial charge in [0.25, 0.3) is 0 Å². The molecule has 1 N–H and O–H groups in total. The molecule has 1 atom stereocenters. The van der Waals surface area contributed by atoms with E-state index in [1.54, 1.807) is 61.7 Å². The lowest BCUT2D eigenvalue weighted by molar-refractivity contribution is -0.122. The van der Waals surface area contributed by atoms with Crippen molar-refractivity contribution >= 4 is 15.9 Å². The monoisotopic (exact) mass is 420 g/mol. The smallest absolute Gasteiger partial charge is 0.242 e. The first-order chi connectivity index (χ1) is 13.8. The van der Waals surface area contributed by atoms with Crippen LogP contribution in [0.4, 0.5) is 0 Å². The molecular formula is C21H28N2O5S. The molecule has 0 saturated carbocycles. The number of rotatable bonds is 11. The van der Waals surface area contributed by atoms with Gasteiger partial charge in [-0.2, -0.15) is 0 Å². The molecule has 0 aliphatic carbocycles. The second kappa shape index (κ2) is 10.8. The molecule has 0 fully saturated rings. The Hall–Kier alpha value is -2.58. The van der Waals surface area contributed by atoms with Crippen LogP contribution in [0.15, 0.2) is 59.5 Å². The highest BCUT2D eigenvalue weighted by atomic mass is 32.2. The summed E-state index contributed by atoms with van der Waals surface area (Å²) in [6.45, 7) is 2.45. The van der Waals surface area contributed by atoms with E-state index in [-0.39, 0.29) is 29.8 Å². The van der Waals surface area contributed by atoms with Crippen molar-refractivity contribution in [2.45, 2.75) is 30.7 Å². The normalized spacial score (nSPS) is 12.4. The summed E-state index contributed by atoms with van der Waals surface area (Å²) in [5.41, 5.74) is 0. The van der Waals surface area contributed by atoms with Gasteiger partial charge in [-0.3, -0.25) is 4.79 Å². The summed E-state index contributed by atoms with van der Waals surface area (Å²) in [6, 6.07) is 15.3. The third kappa shape index (κ3) is 7.07. The lowest BCUT2D eigenvalue weighted by atomic mass is 10.2. The number of amides is 1. The fourth-order valence-electron chi connectivity index (χ4n) is 2.64. The maximum absolute atomic E-state index is 12.4. The average molecular weight is 421 g/mol. The zero-order valence-electron chi connectivity index (χ0n) is 17.0. The molecule has 7 nitrogen and oxygen atoms in total. The molecule has 0 aromatic heterocycles. The molecule has 0 aliphatic rings. The standard InChI is InChI=1S/C21H28N2O5S/c1-17(16-28-19-13-11-18(27-3)12-14-19)22-21(24)10-7-15-23(2)29(25,26)20-8-5-4-6-9-20/h4-6,8-9,11-14,17H,7,10,15-16H2,1-3H3,(H,22,24)/t17-/m1/s1. The van der Waals surface area contributed by atoms with Crippen LogP contribution in [-0.4, -0.2) is 52.0 Å². The topological polar surface area (TPSA) is 84.9 Å². The average Bonchev–Trinajstić information content (AvgIpc) is 2.73. The number of carbonyl (C=O) groups excluding carboxylic acids is 1. The van der Waals surface area contributed by atoms with Gasteiger partial charge in [-0.15, -0.1) is 0 Å². The van der Waals surface area contributed by atoms with Crippen LogP contribution < -0.4 is 14.8 Å². The Morgan fingerprint density at radius 2 is 1.69 bits per heavy atom. The Morgan fingerprint density at radius 1 is 1.07 bits per heavy atom. The van der Waals surface area contributed by atoms with Crippen molar-refractivity contribution in [1.29, 1.82) is 0 Å². The molecule has 0 aliphatic heterocycles. The first-order valence-electron chi connectivity index (χ1n) is 9.40. The van der Waals surface area contributed by atoms with E-state index in [1.807, 2.05) is 6.92 Å². The molecule has 1 amide bonds. The van der Waals surface area contributed by atoms with Crippen molar-refractivity contribution in [2.75, 3.05) is 27.3 Å². The number of sulfonamides is 1. The quantitative estimate of drug-likeness (QED) is 0.604. The molecule has 2 aromatic rings. The summed E-state index contributed by atoms with van der Waals surface area (Å²) >= 11 is 0. The van der Waals surface area contributed by atoms with Crippen LogP contribution in [0.2, 0.25) is 0 Å². The minimum Gasteiger partial charge on any atom is -0.497 e. The first-order valence-corrected chi connectivity index (χ1v) is 10.8. The highest BCUT2D eigenvalue weighted by Crippen LogP contribution is 2.17. The maximum atomic E-state index is 12.4. The van der Waals surface area contributed by atoms with Gasteiger partial charge in [-0.05, 0) is 49.7 Å². The molecule has 2 rings (SSSR count). The molecule has 2 aromatic carbocycles. The van der Waals surface area contributed by atoms with Crippen molar-refractivity contribution in [3.8, 4) is 11.5 Å².